The first-order valence-electron chi connectivity index (χ1n) is 6.06. The predicted molar refractivity (Wildman–Crippen MR) is 68.8 cm³/mol. The second-order valence-corrected chi connectivity index (χ2v) is 5.01. The van der Waals surface area contributed by atoms with Crippen LogP contribution in [0.4, 0.5) is 0 Å². The van der Waals surface area contributed by atoms with E-state index in [4.69, 9.17) is 16.3 Å². The Kier molecular flexibility index (Phi) is 3.72. The largest absolute Gasteiger partial charge is 0.493 e. The highest BCUT2D eigenvalue weighted by Crippen LogP contribution is 2.34. The maximum Gasteiger partial charge on any atom is 0.133 e. The van der Waals surface area contributed by atoms with Gasteiger partial charge in [-0.15, -0.1) is 0 Å². The van der Waals surface area contributed by atoms with E-state index in [1.165, 1.54) is 5.56 Å². The molecule has 3 heteroatoms. The SMILES string of the molecule is CCC(Cc1cc(Cl)cc2c1OCC2)C(C)=O. The van der Waals surface area contributed by atoms with E-state index in [2.05, 4.69) is 0 Å². The highest BCUT2D eigenvalue weighted by Gasteiger charge is 2.21. The molecule has 0 fully saturated rings. The van der Waals surface area contributed by atoms with Crippen molar-refractivity contribution < 1.29 is 9.53 Å². The molecule has 1 aliphatic rings. The van der Waals surface area contributed by atoms with Crippen molar-refractivity contribution in [2.45, 2.75) is 33.1 Å². The van der Waals surface area contributed by atoms with Gasteiger partial charge in [0.05, 0.1) is 6.61 Å². The topological polar surface area (TPSA) is 26.3 Å². The van der Waals surface area contributed by atoms with Crippen molar-refractivity contribution in [2.75, 3.05) is 6.61 Å². The zero-order valence-electron chi connectivity index (χ0n) is 10.3. The molecule has 0 radical (unpaired) electrons. The molecule has 0 aromatic heterocycles. The van der Waals surface area contributed by atoms with Crippen LogP contribution >= 0.6 is 11.6 Å². The second kappa shape index (κ2) is 5.09. The number of ketones is 1. The average molecular weight is 253 g/mol. The number of halogens is 1. The Labute approximate surface area is 107 Å². The fourth-order valence-corrected chi connectivity index (χ4v) is 2.60. The van der Waals surface area contributed by atoms with Crippen LogP contribution in [0.15, 0.2) is 12.1 Å². The third-order valence-electron chi connectivity index (χ3n) is 3.36. The smallest absolute Gasteiger partial charge is 0.133 e. The van der Waals surface area contributed by atoms with Crippen molar-refractivity contribution in [1.29, 1.82) is 0 Å². The summed E-state index contributed by atoms with van der Waals surface area (Å²) >= 11 is 6.09. The number of hydrogen-bond acceptors (Lipinski definition) is 2. The van der Waals surface area contributed by atoms with Crippen LogP contribution in [0, 0.1) is 5.92 Å². The molecule has 1 heterocycles. The molecule has 0 bridgehead atoms. The van der Waals surface area contributed by atoms with Gasteiger partial charge in [-0.25, -0.2) is 0 Å². The molecule has 1 aromatic rings. The van der Waals surface area contributed by atoms with Crippen LogP contribution in [-0.4, -0.2) is 12.4 Å². The van der Waals surface area contributed by atoms with Crippen molar-refractivity contribution in [1.82, 2.24) is 0 Å². The summed E-state index contributed by atoms with van der Waals surface area (Å²) in [5, 5.41) is 0.739. The number of ether oxygens (including phenoxy) is 1. The monoisotopic (exact) mass is 252 g/mol. The van der Waals surface area contributed by atoms with Crippen molar-refractivity contribution in [2.24, 2.45) is 5.92 Å². The van der Waals surface area contributed by atoms with Gasteiger partial charge in [-0.3, -0.25) is 4.79 Å². The lowest BCUT2D eigenvalue weighted by Crippen LogP contribution is -2.13. The third kappa shape index (κ3) is 2.63. The molecule has 0 amide bonds. The maximum absolute atomic E-state index is 11.5. The summed E-state index contributed by atoms with van der Waals surface area (Å²) in [5.74, 6) is 1.26. The van der Waals surface area contributed by atoms with Crippen LogP contribution in [0.2, 0.25) is 5.02 Å². The fourth-order valence-electron chi connectivity index (χ4n) is 2.34. The van der Waals surface area contributed by atoms with Gasteiger partial charge in [0.15, 0.2) is 0 Å². The van der Waals surface area contributed by atoms with Gasteiger partial charge >= 0.3 is 0 Å². The van der Waals surface area contributed by atoms with Gasteiger partial charge in [0, 0.05) is 17.4 Å². The number of benzene rings is 1. The van der Waals surface area contributed by atoms with Gasteiger partial charge in [-0.05, 0) is 43.0 Å². The highest BCUT2D eigenvalue weighted by molar-refractivity contribution is 6.30. The van der Waals surface area contributed by atoms with E-state index in [1.54, 1.807) is 6.92 Å². The van der Waals surface area contributed by atoms with Crippen LogP contribution in [-0.2, 0) is 17.6 Å². The molecule has 2 nitrogen and oxygen atoms in total. The summed E-state index contributed by atoms with van der Waals surface area (Å²) in [6.45, 7) is 4.41. The fraction of sp³-hybridized carbons (Fsp3) is 0.500. The summed E-state index contributed by atoms with van der Waals surface area (Å²) in [6, 6.07) is 3.89. The van der Waals surface area contributed by atoms with E-state index in [-0.39, 0.29) is 11.7 Å². The molecular formula is C14H17ClO2. The molecule has 92 valence electrons. The van der Waals surface area contributed by atoms with Crippen LogP contribution < -0.4 is 4.74 Å². The summed E-state index contributed by atoms with van der Waals surface area (Å²) < 4.78 is 5.64. The minimum Gasteiger partial charge on any atom is -0.493 e. The summed E-state index contributed by atoms with van der Waals surface area (Å²) in [7, 11) is 0. The predicted octanol–water partition coefficient (Wildman–Crippen LogP) is 3.43. The summed E-state index contributed by atoms with van der Waals surface area (Å²) in [5.41, 5.74) is 2.25. The van der Waals surface area contributed by atoms with Gasteiger partial charge in [0.2, 0.25) is 0 Å². The van der Waals surface area contributed by atoms with Gasteiger partial charge in [0.1, 0.15) is 11.5 Å². The Hall–Kier alpha value is -1.02. The molecule has 1 aliphatic heterocycles. The van der Waals surface area contributed by atoms with Crippen molar-refractivity contribution in [3.05, 3.63) is 28.3 Å². The lowest BCUT2D eigenvalue weighted by molar-refractivity contribution is -0.120. The van der Waals surface area contributed by atoms with Gasteiger partial charge in [-0.2, -0.15) is 0 Å². The number of carbonyl (C=O) groups is 1. The van der Waals surface area contributed by atoms with Crippen molar-refractivity contribution in [3.63, 3.8) is 0 Å². The molecule has 0 saturated heterocycles. The van der Waals surface area contributed by atoms with Crippen molar-refractivity contribution in [3.8, 4) is 5.75 Å². The Morgan fingerprint density at radius 3 is 2.94 bits per heavy atom. The first-order valence-corrected chi connectivity index (χ1v) is 6.44. The first kappa shape index (κ1) is 12.4. The lowest BCUT2D eigenvalue weighted by Gasteiger charge is -2.14. The molecular weight excluding hydrogens is 236 g/mol. The molecule has 1 atom stereocenters. The average Bonchev–Trinajstić information content (AvgIpc) is 2.72. The second-order valence-electron chi connectivity index (χ2n) is 4.57. The molecule has 0 spiro atoms. The Balaban J connectivity index is 2.29. The number of rotatable bonds is 4. The Morgan fingerprint density at radius 1 is 1.53 bits per heavy atom. The lowest BCUT2D eigenvalue weighted by atomic mass is 9.92. The third-order valence-corrected chi connectivity index (χ3v) is 3.58. The van der Waals surface area contributed by atoms with Crippen LogP contribution in [0.5, 0.6) is 5.75 Å². The molecule has 0 N–H and O–H groups in total. The number of hydrogen-bond donors (Lipinski definition) is 0. The Bertz CT molecular complexity index is 440. The molecule has 1 aromatic carbocycles. The van der Waals surface area contributed by atoms with Gasteiger partial charge in [0.25, 0.3) is 0 Å². The minimum atomic E-state index is 0.0711. The number of Topliss-reactive ketones (excluding diaryl/α,β-unsaturated/α-hetero) is 1. The van der Waals surface area contributed by atoms with Crippen LogP contribution in [0.25, 0.3) is 0 Å². The molecule has 17 heavy (non-hydrogen) atoms. The van der Waals surface area contributed by atoms with E-state index in [0.717, 1.165) is 42.2 Å². The number of carbonyl (C=O) groups excluding carboxylic acids is 1. The zero-order valence-corrected chi connectivity index (χ0v) is 11.0. The van der Waals surface area contributed by atoms with E-state index < -0.39 is 0 Å². The standard InChI is InChI=1S/C14H17ClO2/c1-3-10(9(2)16)6-12-8-13(15)7-11-4-5-17-14(11)12/h7-8,10H,3-6H2,1-2H3. The summed E-state index contributed by atoms with van der Waals surface area (Å²) in [4.78, 5) is 11.5. The number of fused-ring (bicyclic) bond motifs is 1. The first-order chi connectivity index (χ1) is 8.11. The highest BCUT2D eigenvalue weighted by atomic mass is 35.5. The van der Waals surface area contributed by atoms with E-state index in [1.807, 2.05) is 19.1 Å². The quantitative estimate of drug-likeness (QED) is 0.821. The summed E-state index contributed by atoms with van der Waals surface area (Å²) in [6.07, 6.45) is 2.51. The molecule has 0 aliphatic carbocycles. The van der Waals surface area contributed by atoms with Gasteiger partial charge in [-0.1, -0.05) is 18.5 Å². The van der Waals surface area contributed by atoms with Crippen LogP contribution in [0.1, 0.15) is 31.4 Å². The van der Waals surface area contributed by atoms with Gasteiger partial charge < -0.3 is 4.74 Å². The van der Waals surface area contributed by atoms with E-state index in [0.29, 0.717) is 0 Å². The van der Waals surface area contributed by atoms with E-state index >= 15 is 0 Å². The van der Waals surface area contributed by atoms with E-state index in [9.17, 15) is 4.79 Å². The maximum atomic E-state index is 11.5. The normalized spacial score (nSPS) is 15.2. The molecule has 2 rings (SSSR count). The zero-order chi connectivity index (χ0) is 12.4. The minimum absolute atomic E-state index is 0.0711. The van der Waals surface area contributed by atoms with Crippen molar-refractivity contribution >= 4 is 17.4 Å². The van der Waals surface area contributed by atoms with Crippen LogP contribution in [0.3, 0.4) is 0 Å². The Morgan fingerprint density at radius 2 is 2.29 bits per heavy atom. The molecule has 0 saturated carbocycles. The molecule has 1 unspecified atom stereocenters.